The van der Waals surface area contributed by atoms with Crippen LogP contribution in [-0.2, 0) is 4.74 Å². The highest BCUT2D eigenvalue weighted by Gasteiger charge is 2.37. The zero-order valence-electron chi connectivity index (χ0n) is 9.94. The van der Waals surface area contributed by atoms with Crippen molar-refractivity contribution in [3.63, 3.8) is 0 Å². The van der Waals surface area contributed by atoms with Crippen molar-refractivity contribution >= 4 is 0 Å². The van der Waals surface area contributed by atoms with Crippen molar-refractivity contribution in [1.29, 1.82) is 0 Å². The summed E-state index contributed by atoms with van der Waals surface area (Å²) in [6, 6.07) is 0. The largest absolute Gasteiger partial charge is 0.380 e. The van der Waals surface area contributed by atoms with Gasteiger partial charge in [0.15, 0.2) is 0 Å². The molecule has 1 aliphatic rings. The monoisotopic (exact) mass is 199 g/mol. The number of rotatable bonds is 7. The number of unbranched alkanes of at least 4 members (excludes halogenated alkanes) is 1. The van der Waals surface area contributed by atoms with Crippen molar-refractivity contribution in [1.82, 2.24) is 5.32 Å². The molecule has 0 amide bonds. The van der Waals surface area contributed by atoms with Gasteiger partial charge < -0.3 is 10.1 Å². The number of hydrogen-bond acceptors (Lipinski definition) is 2. The molecule has 1 aliphatic heterocycles. The van der Waals surface area contributed by atoms with E-state index in [2.05, 4.69) is 19.2 Å². The van der Waals surface area contributed by atoms with E-state index in [-0.39, 0.29) is 0 Å². The first kappa shape index (κ1) is 12.0. The Morgan fingerprint density at radius 3 is 2.43 bits per heavy atom. The molecule has 1 rings (SSSR count). The van der Waals surface area contributed by atoms with Gasteiger partial charge in [-0.2, -0.15) is 0 Å². The van der Waals surface area contributed by atoms with E-state index >= 15 is 0 Å². The molecule has 0 aliphatic carbocycles. The minimum Gasteiger partial charge on any atom is -0.380 e. The zero-order chi connectivity index (χ0) is 10.4. The smallest absolute Gasteiger partial charge is 0.0544 e. The van der Waals surface area contributed by atoms with Gasteiger partial charge >= 0.3 is 0 Å². The molecule has 1 N–H and O–H groups in total. The van der Waals surface area contributed by atoms with Crippen LogP contribution in [0.2, 0.25) is 0 Å². The molecule has 1 fully saturated rings. The molecule has 0 atom stereocenters. The Morgan fingerprint density at radius 1 is 1.29 bits per heavy atom. The van der Waals surface area contributed by atoms with Gasteiger partial charge in [-0.15, -0.1) is 0 Å². The van der Waals surface area contributed by atoms with Crippen LogP contribution in [0, 0.1) is 11.3 Å². The molecule has 0 bridgehead atoms. The quantitative estimate of drug-likeness (QED) is 0.636. The fraction of sp³-hybridized carbons (Fsp3) is 1.00. The van der Waals surface area contributed by atoms with Crippen LogP contribution in [-0.4, -0.2) is 26.8 Å². The summed E-state index contributed by atoms with van der Waals surface area (Å²) in [6.07, 6.45) is 5.34. The Morgan fingerprint density at radius 2 is 2.00 bits per heavy atom. The molecule has 0 spiro atoms. The molecule has 0 aromatic rings. The second-order valence-electron chi connectivity index (χ2n) is 5.15. The summed E-state index contributed by atoms with van der Waals surface area (Å²) in [5.74, 6) is 0.809. The second-order valence-corrected chi connectivity index (χ2v) is 5.15. The number of nitrogens with one attached hydrogen (secondary N) is 1. The third-order valence-electron chi connectivity index (χ3n) is 3.04. The van der Waals surface area contributed by atoms with Crippen LogP contribution in [0.5, 0.6) is 0 Å². The Hall–Kier alpha value is -0.0800. The average molecular weight is 199 g/mol. The molecule has 14 heavy (non-hydrogen) atoms. The van der Waals surface area contributed by atoms with Gasteiger partial charge in [-0.05, 0) is 38.8 Å². The lowest BCUT2D eigenvalue weighted by Gasteiger charge is -2.43. The first-order chi connectivity index (χ1) is 6.68. The van der Waals surface area contributed by atoms with Crippen molar-refractivity contribution in [2.45, 2.75) is 39.5 Å². The van der Waals surface area contributed by atoms with E-state index < -0.39 is 0 Å². The number of ether oxygens (including phenoxy) is 1. The van der Waals surface area contributed by atoms with Crippen LogP contribution in [0.25, 0.3) is 0 Å². The molecule has 2 nitrogen and oxygen atoms in total. The van der Waals surface area contributed by atoms with Gasteiger partial charge in [0.05, 0.1) is 13.2 Å². The van der Waals surface area contributed by atoms with Gasteiger partial charge in [-0.25, -0.2) is 0 Å². The Kier molecular flexibility index (Phi) is 4.90. The molecular weight excluding hydrogens is 174 g/mol. The highest BCUT2D eigenvalue weighted by atomic mass is 16.5. The van der Waals surface area contributed by atoms with E-state index in [0.717, 1.165) is 25.7 Å². The summed E-state index contributed by atoms with van der Waals surface area (Å²) >= 11 is 0. The van der Waals surface area contributed by atoms with Gasteiger partial charge in [0.25, 0.3) is 0 Å². The summed E-state index contributed by atoms with van der Waals surface area (Å²) in [6.45, 7) is 7.79. The van der Waals surface area contributed by atoms with Crippen molar-refractivity contribution in [3.05, 3.63) is 0 Å². The topological polar surface area (TPSA) is 21.3 Å². The van der Waals surface area contributed by atoms with Crippen molar-refractivity contribution in [2.75, 3.05) is 26.8 Å². The van der Waals surface area contributed by atoms with Gasteiger partial charge in [-0.3, -0.25) is 0 Å². The van der Waals surface area contributed by atoms with Crippen LogP contribution in [0.3, 0.4) is 0 Å². The zero-order valence-corrected chi connectivity index (χ0v) is 9.94. The SMILES string of the molecule is CNCCCCC1(CC(C)C)COC1. The Balaban J connectivity index is 2.17. The molecule has 1 saturated heterocycles. The summed E-state index contributed by atoms with van der Waals surface area (Å²) in [5, 5.41) is 3.20. The van der Waals surface area contributed by atoms with Crippen LogP contribution in [0.1, 0.15) is 39.5 Å². The van der Waals surface area contributed by atoms with Crippen LogP contribution >= 0.6 is 0 Å². The maximum Gasteiger partial charge on any atom is 0.0544 e. The highest BCUT2D eigenvalue weighted by molar-refractivity contribution is 4.86. The first-order valence-corrected chi connectivity index (χ1v) is 5.91. The lowest BCUT2D eigenvalue weighted by atomic mass is 9.74. The number of hydrogen-bond donors (Lipinski definition) is 1. The van der Waals surface area contributed by atoms with Gasteiger partial charge in [0, 0.05) is 5.41 Å². The minimum absolute atomic E-state index is 0.544. The van der Waals surface area contributed by atoms with E-state index in [1.165, 1.54) is 25.7 Å². The Bertz CT molecular complexity index is 152. The van der Waals surface area contributed by atoms with E-state index in [1.807, 2.05) is 7.05 Å². The molecule has 2 heteroatoms. The van der Waals surface area contributed by atoms with Crippen molar-refractivity contribution in [3.8, 4) is 0 Å². The van der Waals surface area contributed by atoms with Crippen molar-refractivity contribution < 1.29 is 4.74 Å². The summed E-state index contributed by atoms with van der Waals surface area (Å²) in [4.78, 5) is 0. The normalized spacial score (nSPS) is 19.7. The molecule has 1 heterocycles. The first-order valence-electron chi connectivity index (χ1n) is 5.91. The highest BCUT2D eigenvalue weighted by Crippen LogP contribution is 2.39. The van der Waals surface area contributed by atoms with E-state index in [0.29, 0.717) is 5.41 Å². The fourth-order valence-electron chi connectivity index (χ4n) is 2.42. The van der Waals surface area contributed by atoms with Gasteiger partial charge in [0.2, 0.25) is 0 Å². The van der Waals surface area contributed by atoms with Crippen molar-refractivity contribution in [2.24, 2.45) is 11.3 Å². The lowest BCUT2D eigenvalue weighted by molar-refractivity contribution is -0.128. The molecular formula is C12H25NO. The Labute approximate surface area is 88.4 Å². The predicted molar refractivity (Wildman–Crippen MR) is 60.5 cm³/mol. The fourth-order valence-corrected chi connectivity index (χ4v) is 2.42. The van der Waals surface area contributed by atoms with Crippen LogP contribution in [0.4, 0.5) is 0 Å². The van der Waals surface area contributed by atoms with E-state index in [9.17, 15) is 0 Å². The average Bonchev–Trinajstić information content (AvgIpc) is 2.07. The maximum atomic E-state index is 5.38. The summed E-state index contributed by atoms with van der Waals surface area (Å²) < 4.78 is 5.38. The third-order valence-corrected chi connectivity index (χ3v) is 3.04. The molecule has 0 unspecified atom stereocenters. The standard InChI is InChI=1S/C12H25NO/c1-11(2)8-12(9-14-10-12)6-4-5-7-13-3/h11,13H,4-10H2,1-3H3. The molecule has 0 aromatic heterocycles. The van der Waals surface area contributed by atoms with E-state index in [4.69, 9.17) is 4.74 Å². The molecule has 0 saturated carbocycles. The summed E-state index contributed by atoms with van der Waals surface area (Å²) in [7, 11) is 2.02. The van der Waals surface area contributed by atoms with Gasteiger partial charge in [0.1, 0.15) is 0 Å². The van der Waals surface area contributed by atoms with E-state index in [1.54, 1.807) is 0 Å². The maximum absolute atomic E-state index is 5.38. The molecule has 0 radical (unpaired) electrons. The lowest BCUT2D eigenvalue weighted by Crippen LogP contribution is -2.43. The van der Waals surface area contributed by atoms with Crippen LogP contribution in [0.15, 0.2) is 0 Å². The summed E-state index contributed by atoms with van der Waals surface area (Å²) in [5.41, 5.74) is 0.544. The predicted octanol–water partition coefficient (Wildman–Crippen LogP) is 2.44. The molecule has 0 aromatic carbocycles. The van der Waals surface area contributed by atoms with Gasteiger partial charge in [-0.1, -0.05) is 20.3 Å². The minimum atomic E-state index is 0.544. The second kappa shape index (κ2) is 5.72. The third kappa shape index (κ3) is 3.58. The van der Waals surface area contributed by atoms with Crippen LogP contribution < -0.4 is 5.32 Å². The molecule has 84 valence electrons.